The van der Waals surface area contributed by atoms with Crippen molar-refractivity contribution in [1.82, 2.24) is 4.31 Å². The summed E-state index contributed by atoms with van der Waals surface area (Å²) in [7, 11) is -3.30. The van der Waals surface area contributed by atoms with Crippen molar-refractivity contribution in [3.63, 3.8) is 0 Å². The predicted octanol–water partition coefficient (Wildman–Crippen LogP) is 3.56. The van der Waals surface area contributed by atoms with Gasteiger partial charge in [-0.2, -0.15) is 0 Å². The van der Waals surface area contributed by atoms with Crippen molar-refractivity contribution in [2.75, 3.05) is 13.1 Å². The van der Waals surface area contributed by atoms with Gasteiger partial charge in [0.15, 0.2) is 0 Å². The van der Waals surface area contributed by atoms with E-state index >= 15 is 0 Å². The van der Waals surface area contributed by atoms with Crippen LogP contribution in [0.5, 0.6) is 0 Å². The fraction of sp³-hybridized carbons (Fsp3) is 0.538. The van der Waals surface area contributed by atoms with Gasteiger partial charge in [-0.3, -0.25) is 0 Å². The van der Waals surface area contributed by atoms with Gasteiger partial charge < -0.3 is 0 Å². The minimum absolute atomic E-state index is 0.0598. The molecule has 0 saturated carbocycles. The summed E-state index contributed by atoms with van der Waals surface area (Å²) in [4.78, 5) is 0. The second-order valence-electron chi connectivity index (χ2n) is 5.10. The molecule has 1 aliphatic rings. The van der Waals surface area contributed by atoms with Gasteiger partial charge in [-0.25, -0.2) is 12.7 Å². The average molecular weight is 322 g/mol. The lowest BCUT2D eigenvalue weighted by Crippen LogP contribution is -2.39. The Balaban J connectivity index is 2.16. The van der Waals surface area contributed by atoms with Crippen molar-refractivity contribution in [2.45, 2.75) is 25.5 Å². The van der Waals surface area contributed by atoms with Crippen LogP contribution in [0.4, 0.5) is 0 Å². The molecule has 0 N–H and O–H groups in total. The van der Waals surface area contributed by atoms with Crippen LogP contribution in [0.1, 0.15) is 25.3 Å². The lowest BCUT2D eigenvalue weighted by Gasteiger charge is -2.30. The molecule has 1 atom stereocenters. The second-order valence-corrected chi connectivity index (χ2v) is 7.91. The highest BCUT2D eigenvalue weighted by molar-refractivity contribution is 7.88. The first-order valence-corrected chi connectivity index (χ1v) is 8.67. The van der Waals surface area contributed by atoms with E-state index in [1.807, 2.05) is 0 Å². The molecule has 19 heavy (non-hydrogen) atoms. The molecule has 0 aromatic heterocycles. The van der Waals surface area contributed by atoms with Crippen molar-refractivity contribution in [3.8, 4) is 0 Å². The first kappa shape index (κ1) is 15.1. The summed E-state index contributed by atoms with van der Waals surface area (Å²) in [6.07, 6.45) is 2.02. The summed E-state index contributed by atoms with van der Waals surface area (Å²) in [5.41, 5.74) is 0.601. The standard InChI is InChI=1S/C13H17Cl2NO2S/c1-10-3-2-6-16(8-10)19(17,18)9-11-4-5-12(14)7-13(11)15/h4-5,7,10H,2-3,6,8-9H2,1H3. The highest BCUT2D eigenvalue weighted by Gasteiger charge is 2.27. The molecule has 1 aliphatic heterocycles. The topological polar surface area (TPSA) is 37.4 Å². The molecular formula is C13H17Cl2NO2S. The molecule has 0 aliphatic carbocycles. The number of halogens is 2. The smallest absolute Gasteiger partial charge is 0.212 e. The predicted molar refractivity (Wildman–Crippen MR) is 79.1 cm³/mol. The maximum atomic E-state index is 12.4. The van der Waals surface area contributed by atoms with E-state index in [2.05, 4.69) is 6.92 Å². The molecule has 0 radical (unpaired) electrons. The van der Waals surface area contributed by atoms with Crippen molar-refractivity contribution >= 4 is 33.2 Å². The van der Waals surface area contributed by atoms with Crippen molar-refractivity contribution in [3.05, 3.63) is 33.8 Å². The average Bonchev–Trinajstić information content (AvgIpc) is 2.33. The van der Waals surface area contributed by atoms with Crippen LogP contribution in [0, 0.1) is 5.92 Å². The van der Waals surface area contributed by atoms with Gasteiger partial charge in [0.05, 0.1) is 5.75 Å². The van der Waals surface area contributed by atoms with Gasteiger partial charge in [-0.1, -0.05) is 36.2 Å². The Hall–Kier alpha value is -0.290. The van der Waals surface area contributed by atoms with E-state index < -0.39 is 10.0 Å². The summed E-state index contributed by atoms with van der Waals surface area (Å²) in [5, 5.41) is 0.916. The quantitative estimate of drug-likeness (QED) is 0.853. The number of piperidine rings is 1. The first-order valence-electron chi connectivity index (χ1n) is 6.30. The van der Waals surface area contributed by atoms with Crippen LogP contribution in [0.25, 0.3) is 0 Å². The van der Waals surface area contributed by atoms with E-state index in [4.69, 9.17) is 23.2 Å². The van der Waals surface area contributed by atoms with E-state index in [1.54, 1.807) is 22.5 Å². The highest BCUT2D eigenvalue weighted by atomic mass is 35.5. The van der Waals surface area contributed by atoms with Gasteiger partial charge in [0, 0.05) is 23.1 Å². The Kier molecular flexibility index (Phi) is 4.77. The first-order chi connectivity index (χ1) is 8.88. The van der Waals surface area contributed by atoms with Crippen molar-refractivity contribution in [1.29, 1.82) is 0 Å². The molecule has 0 spiro atoms. The van der Waals surface area contributed by atoms with Crippen LogP contribution >= 0.6 is 23.2 Å². The molecule has 1 fully saturated rings. The third kappa shape index (κ3) is 3.85. The molecule has 1 aromatic rings. The summed E-state index contributed by atoms with van der Waals surface area (Å²) >= 11 is 11.8. The number of nitrogens with zero attached hydrogens (tertiary/aromatic N) is 1. The number of sulfonamides is 1. The van der Waals surface area contributed by atoms with Crippen molar-refractivity contribution in [2.24, 2.45) is 5.92 Å². The number of benzene rings is 1. The van der Waals surface area contributed by atoms with Gasteiger partial charge in [-0.15, -0.1) is 0 Å². The molecule has 1 unspecified atom stereocenters. The molecule has 1 aromatic carbocycles. The lowest BCUT2D eigenvalue weighted by molar-refractivity contribution is 0.281. The van der Waals surface area contributed by atoms with Gasteiger partial charge in [0.2, 0.25) is 10.0 Å². The van der Waals surface area contributed by atoms with Gasteiger partial charge >= 0.3 is 0 Å². The Bertz CT molecular complexity index is 560. The number of hydrogen-bond donors (Lipinski definition) is 0. The van der Waals surface area contributed by atoms with Crippen LogP contribution in [-0.4, -0.2) is 25.8 Å². The van der Waals surface area contributed by atoms with Gasteiger partial charge in [0.25, 0.3) is 0 Å². The van der Waals surface area contributed by atoms with Crippen LogP contribution in [0.3, 0.4) is 0 Å². The summed E-state index contributed by atoms with van der Waals surface area (Å²) in [5.74, 6) is 0.361. The van der Waals surface area contributed by atoms with Crippen LogP contribution in [0.15, 0.2) is 18.2 Å². The Morgan fingerprint density at radius 3 is 2.74 bits per heavy atom. The van der Waals surface area contributed by atoms with E-state index in [-0.39, 0.29) is 5.75 Å². The molecule has 0 amide bonds. The summed E-state index contributed by atoms with van der Waals surface area (Å²) in [6, 6.07) is 4.92. The Morgan fingerprint density at radius 2 is 2.11 bits per heavy atom. The lowest BCUT2D eigenvalue weighted by atomic mass is 10.0. The number of hydrogen-bond acceptors (Lipinski definition) is 2. The minimum atomic E-state index is -3.30. The largest absolute Gasteiger partial charge is 0.218 e. The summed E-state index contributed by atoms with van der Waals surface area (Å²) in [6.45, 7) is 3.29. The zero-order chi connectivity index (χ0) is 14.0. The van der Waals surface area contributed by atoms with Crippen LogP contribution in [0.2, 0.25) is 10.0 Å². The monoisotopic (exact) mass is 321 g/mol. The third-order valence-corrected chi connectivity index (χ3v) is 5.75. The maximum absolute atomic E-state index is 12.4. The normalized spacial score (nSPS) is 21.5. The van der Waals surface area contributed by atoms with E-state index in [1.165, 1.54) is 0 Å². The van der Waals surface area contributed by atoms with Gasteiger partial charge in [0.1, 0.15) is 0 Å². The van der Waals surface area contributed by atoms with Crippen LogP contribution < -0.4 is 0 Å². The Labute approximate surface area is 124 Å². The molecule has 1 saturated heterocycles. The molecule has 6 heteroatoms. The molecule has 3 nitrogen and oxygen atoms in total. The zero-order valence-electron chi connectivity index (χ0n) is 10.8. The third-order valence-electron chi connectivity index (χ3n) is 3.37. The van der Waals surface area contributed by atoms with Crippen LogP contribution in [-0.2, 0) is 15.8 Å². The fourth-order valence-electron chi connectivity index (χ4n) is 2.33. The SMILES string of the molecule is CC1CCCN(S(=O)(=O)Cc2ccc(Cl)cc2Cl)C1. The molecule has 2 rings (SSSR count). The number of rotatable bonds is 3. The van der Waals surface area contributed by atoms with Crippen molar-refractivity contribution < 1.29 is 8.42 Å². The fourth-order valence-corrected chi connectivity index (χ4v) is 4.60. The summed E-state index contributed by atoms with van der Waals surface area (Å²) < 4.78 is 26.3. The minimum Gasteiger partial charge on any atom is -0.212 e. The Morgan fingerprint density at radius 1 is 1.37 bits per heavy atom. The van der Waals surface area contributed by atoms with E-state index in [0.29, 0.717) is 34.6 Å². The molecule has 0 bridgehead atoms. The second kappa shape index (κ2) is 6.00. The maximum Gasteiger partial charge on any atom is 0.218 e. The molecule has 106 valence electrons. The van der Waals surface area contributed by atoms with E-state index in [9.17, 15) is 8.42 Å². The highest BCUT2D eigenvalue weighted by Crippen LogP contribution is 2.25. The zero-order valence-corrected chi connectivity index (χ0v) is 13.1. The van der Waals surface area contributed by atoms with E-state index in [0.717, 1.165) is 12.8 Å². The molecular weight excluding hydrogens is 305 g/mol. The van der Waals surface area contributed by atoms with Gasteiger partial charge in [-0.05, 0) is 36.5 Å². The molecule has 1 heterocycles.